The smallest absolute Gasteiger partial charge is 0.410 e. The molecule has 0 radical (unpaired) electrons. The summed E-state index contributed by atoms with van der Waals surface area (Å²) in [6.07, 6.45) is 1.51. The maximum absolute atomic E-state index is 11.8. The molecule has 5 nitrogen and oxygen atoms in total. The summed E-state index contributed by atoms with van der Waals surface area (Å²) in [5.41, 5.74) is 4.35. The van der Waals surface area contributed by atoms with Gasteiger partial charge >= 0.3 is 6.09 Å². The summed E-state index contributed by atoms with van der Waals surface area (Å²) in [6.45, 7) is 8.65. The Morgan fingerprint density at radius 2 is 2.06 bits per heavy atom. The zero-order chi connectivity index (χ0) is 14.0. The molecular formula is C13H26N2O3. The predicted molar refractivity (Wildman–Crippen MR) is 70.2 cm³/mol. The van der Waals surface area contributed by atoms with Gasteiger partial charge in [-0.3, -0.25) is 0 Å². The van der Waals surface area contributed by atoms with Crippen LogP contribution in [0.3, 0.4) is 0 Å². The average Bonchev–Trinajstić information content (AvgIpc) is 2.18. The Labute approximate surface area is 109 Å². The highest BCUT2D eigenvalue weighted by Crippen LogP contribution is 2.32. The van der Waals surface area contributed by atoms with Crippen molar-refractivity contribution in [2.24, 2.45) is 11.7 Å². The van der Waals surface area contributed by atoms with Crippen molar-refractivity contribution in [3.8, 4) is 0 Å². The molecule has 1 heterocycles. The van der Waals surface area contributed by atoms with E-state index in [1.807, 2.05) is 20.8 Å². The van der Waals surface area contributed by atoms with Crippen LogP contribution in [0.1, 0.15) is 40.5 Å². The van der Waals surface area contributed by atoms with E-state index >= 15 is 0 Å². The lowest BCUT2D eigenvalue weighted by atomic mass is 9.78. The SMILES string of the molecule is CCCC(CN)C1(O)CN(C(=O)OC(C)(C)C)C1. The van der Waals surface area contributed by atoms with Crippen molar-refractivity contribution in [1.82, 2.24) is 4.90 Å². The van der Waals surface area contributed by atoms with E-state index < -0.39 is 11.2 Å². The average molecular weight is 258 g/mol. The molecule has 1 unspecified atom stereocenters. The number of amides is 1. The second-order valence-electron chi connectivity index (χ2n) is 6.16. The number of carbonyl (C=O) groups excluding carboxylic acids is 1. The standard InChI is InChI=1S/C13H26N2O3/c1-5-6-10(7-14)13(17)8-15(9-13)11(16)18-12(2,3)4/h10,17H,5-9,14H2,1-4H3. The number of likely N-dealkylation sites (tertiary alicyclic amines) is 1. The number of hydrogen-bond acceptors (Lipinski definition) is 4. The first-order valence-electron chi connectivity index (χ1n) is 6.62. The van der Waals surface area contributed by atoms with Gasteiger partial charge in [0.25, 0.3) is 0 Å². The van der Waals surface area contributed by atoms with E-state index in [-0.39, 0.29) is 12.0 Å². The quantitative estimate of drug-likeness (QED) is 0.798. The molecule has 106 valence electrons. The second-order valence-corrected chi connectivity index (χ2v) is 6.16. The molecule has 3 N–H and O–H groups in total. The number of hydrogen-bond donors (Lipinski definition) is 2. The van der Waals surface area contributed by atoms with Crippen molar-refractivity contribution in [2.75, 3.05) is 19.6 Å². The summed E-state index contributed by atoms with van der Waals surface area (Å²) < 4.78 is 5.25. The zero-order valence-corrected chi connectivity index (χ0v) is 11.9. The van der Waals surface area contributed by atoms with Gasteiger partial charge < -0.3 is 20.5 Å². The summed E-state index contributed by atoms with van der Waals surface area (Å²) in [5.74, 6) is 0.0567. The fraction of sp³-hybridized carbons (Fsp3) is 0.923. The predicted octanol–water partition coefficient (Wildman–Crippen LogP) is 1.34. The summed E-state index contributed by atoms with van der Waals surface area (Å²) >= 11 is 0. The molecule has 0 saturated carbocycles. The van der Waals surface area contributed by atoms with E-state index in [1.165, 1.54) is 4.90 Å². The minimum atomic E-state index is -0.832. The lowest BCUT2D eigenvalue weighted by Crippen LogP contribution is -2.68. The Morgan fingerprint density at radius 3 is 2.44 bits per heavy atom. The fourth-order valence-corrected chi connectivity index (χ4v) is 2.28. The lowest BCUT2D eigenvalue weighted by Gasteiger charge is -2.50. The van der Waals surface area contributed by atoms with Crippen LogP contribution in [0.2, 0.25) is 0 Å². The lowest BCUT2D eigenvalue weighted by molar-refractivity contribution is -0.131. The molecule has 1 aliphatic rings. The van der Waals surface area contributed by atoms with Gasteiger partial charge in [-0.15, -0.1) is 0 Å². The molecule has 1 rings (SSSR count). The van der Waals surface area contributed by atoms with Crippen LogP contribution in [0.4, 0.5) is 4.79 Å². The molecule has 1 aliphatic heterocycles. The van der Waals surface area contributed by atoms with Crippen LogP contribution in [-0.2, 0) is 4.74 Å². The Kier molecular flexibility index (Phi) is 4.61. The molecule has 0 aliphatic carbocycles. The van der Waals surface area contributed by atoms with Gasteiger partial charge in [0.15, 0.2) is 0 Å². The van der Waals surface area contributed by atoms with Crippen LogP contribution in [0.25, 0.3) is 0 Å². The highest BCUT2D eigenvalue weighted by Gasteiger charge is 2.49. The van der Waals surface area contributed by atoms with Crippen molar-refractivity contribution in [3.05, 3.63) is 0 Å². The topological polar surface area (TPSA) is 75.8 Å². The molecule has 1 fully saturated rings. The molecular weight excluding hydrogens is 232 g/mol. The van der Waals surface area contributed by atoms with Crippen molar-refractivity contribution in [3.63, 3.8) is 0 Å². The molecule has 0 aromatic carbocycles. The van der Waals surface area contributed by atoms with Crippen molar-refractivity contribution in [2.45, 2.75) is 51.7 Å². The molecule has 0 aromatic rings. The van der Waals surface area contributed by atoms with Gasteiger partial charge in [0, 0.05) is 5.92 Å². The van der Waals surface area contributed by atoms with Gasteiger partial charge in [-0.2, -0.15) is 0 Å². The number of rotatable bonds is 4. The maximum atomic E-state index is 11.8. The van der Waals surface area contributed by atoms with Crippen LogP contribution in [0.5, 0.6) is 0 Å². The summed E-state index contributed by atoms with van der Waals surface area (Å²) in [4.78, 5) is 13.3. The van der Waals surface area contributed by atoms with Crippen LogP contribution >= 0.6 is 0 Å². The van der Waals surface area contributed by atoms with Crippen molar-refractivity contribution < 1.29 is 14.6 Å². The van der Waals surface area contributed by atoms with Crippen LogP contribution in [0, 0.1) is 5.92 Å². The van der Waals surface area contributed by atoms with Gasteiger partial charge in [0.05, 0.1) is 13.1 Å². The molecule has 1 saturated heterocycles. The fourth-order valence-electron chi connectivity index (χ4n) is 2.28. The molecule has 0 bridgehead atoms. The monoisotopic (exact) mass is 258 g/mol. The number of nitrogens with zero attached hydrogens (tertiary/aromatic N) is 1. The second kappa shape index (κ2) is 5.45. The van der Waals surface area contributed by atoms with Crippen LogP contribution < -0.4 is 5.73 Å². The van der Waals surface area contributed by atoms with Gasteiger partial charge in [-0.1, -0.05) is 13.3 Å². The Morgan fingerprint density at radius 1 is 1.50 bits per heavy atom. The maximum Gasteiger partial charge on any atom is 0.410 e. The van der Waals surface area contributed by atoms with E-state index in [0.717, 1.165) is 12.8 Å². The molecule has 18 heavy (non-hydrogen) atoms. The summed E-state index contributed by atoms with van der Waals surface area (Å²) in [7, 11) is 0. The van der Waals surface area contributed by atoms with Crippen LogP contribution in [-0.4, -0.2) is 46.9 Å². The van der Waals surface area contributed by atoms with E-state index in [4.69, 9.17) is 10.5 Å². The zero-order valence-electron chi connectivity index (χ0n) is 11.9. The molecule has 5 heteroatoms. The van der Waals surface area contributed by atoms with E-state index in [0.29, 0.717) is 19.6 Å². The Balaban J connectivity index is 2.49. The first kappa shape index (κ1) is 15.2. The van der Waals surface area contributed by atoms with E-state index in [2.05, 4.69) is 6.92 Å². The third kappa shape index (κ3) is 3.59. The summed E-state index contributed by atoms with van der Waals surface area (Å²) in [5, 5.41) is 10.4. The van der Waals surface area contributed by atoms with Crippen LogP contribution in [0.15, 0.2) is 0 Å². The first-order chi connectivity index (χ1) is 8.22. The van der Waals surface area contributed by atoms with E-state index in [1.54, 1.807) is 0 Å². The van der Waals surface area contributed by atoms with Crippen molar-refractivity contribution in [1.29, 1.82) is 0 Å². The number of β-amino-alcohol motifs (C(OH)–C–C–N with tert-alkyl or cyclic N) is 1. The minimum Gasteiger partial charge on any atom is -0.444 e. The van der Waals surface area contributed by atoms with Gasteiger partial charge in [-0.05, 0) is 33.7 Å². The normalized spacial score (nSPS) is 20.2. The largest absolute Gasteiger partial charge is 0.444 e. The highest BCUT2D eigenvalue weighted by atomic mass is 16.6. The number of ether oxygens (including phenoxy) is 1. The minimum absolute atomic E-state index is 0.0567. The van der Waals surface area contributed by atoms with Gasteiger partial charge in [0.1, 0.15) is 11.2 Å². The molecule has 1 atom stereocenters. The number of carbonyl (C=O) groups is 1. The molecule has 0 spiro atoms. The third-order valence-electron chi connectivity index (χ3n) is 3.26. The number of nitrogens with two attached hydrogens (primary N) is 1. The van der Waals surface area contributed by atoms with Crippen molar-refractivity contribution >= 4 is 6.09 Å². The van der Waals surface area contributed by atoms with Gasteiger partial charge in [-0.25, -0.2) is 4.79 Å². The summed E-state index contributed by atoms with van der Waals surface area (Å²) in [6, 6.07) is 0. The Bertz CT molecular complexity index is 293. The molecule has 0 aromatic heterocycles. The first-order valence-corrected chi connectivity index (χ1v) is 6.62. The third-order valence-corrected chi connectivity index (χ3v) is 3.26. The van der Waals surface area contributed by atoms with Gasteiger partial charge in [0.2, 0.25) is 0 Å². The highest BCUT2D eigenvalue weighted by molar-refractivity contribution is 5.69. The molecule has 1 amide bonds. The Hall–Kier alpha value is -0.810. The van der Waals surface area contributed by atoms with E-state index in [9.17, 15) is 9.90 Å². The number of aliphatic hydroxyl groups is 1.